The molecule has 0 saturated carbocycles. The van der Waals surface area contributed by atoms with Crippen molar-refractivity contribution in [1.29, 1.82) is 0 Å². The van der Waals surface area contributed by atoms with Gasteiger partial charge in [0.1, 0.15) is 11.1 Å². The molecule has 0 unspecified atom stereocenters. The lowest BCUT2D eigenvalue weighted by molar-refractivity contribution is -0.193. The van der Waals surface area contributed by atoms with E-state index in [9.17, 15) is 31.1 Å². The maximum absolute atomic E-state index is 12.4. The van der Waals surface area contributed by atoms with Gasteiger partial charge in [-0.15, -0.1) is 11.3 Å². The summed E-state index contributed by atoms with van der Waals surface area (Å²) in [6, 6.07) is 3.64. The van der Waals surface area contributed by atoms with E-state index in [1.807, 2.05) is 17.6 Å². The normalized spacial score (nSPS) is 21.2. The summed E-state index contributed by atoms with van der Waals surface area (Å²) in [7, 11) is 0. The fraction of sp³-hybridized carbons (Fsp3) is 0.476. The van der Waals surface area contributed by atoms with Crippen molar-refractivity contribution in [3.05, 3.63) is 41.1 Å². The molecule has 1 amide bonds. The SMILES string of the molecule is O=C(Nc1cccnc1)[C@@H]1C[C@@H]2CCN(Cc3nccs3)C[C@@H]2O1.O=C(O)C(F)(F)F.O=C(O)C(F)(F)F. The fourth-order valence-electron chi connectivity index (χ4n) is 3.49. The van der Waals surface area contributed by atoms with Crippen LogP contribution in [0.4, 0.5) is 32.0 Å². The molecule has 3 atom stereocenters. The van der Waals surface area contributed by atoms with E-state index >= 15 is 0 Å². The van der Waals surface area contributed by atoms with Gasteiger partial charge in [0, 0.05) is 24.3 Å². The zero-order valence-corrected chi connectivity index (χ0v) is 20.1. The summed E-state index contributed by atoms with van der Waals surface area (Å²) in [5.74, 6) is -5.11. The molecule has 2 aliphatic heterocycles. The number of thiazole rings is 1. The van der Waals surface area contributed by atoms with E-state index in [1.54, 1.807) is 29.8 Å². The molecule has 4 heterocycles. The predicted molar refractivity (Wildman–Crippen MR) is 119 cm³/mol. The van der Waals surface area contributed by atoms with Gasteiger partial charge in [0.05, 0.1) is 24.5 Å². The van der Waals surface area contributed by atoms with Gasteiger partial charge in [0.25, 0.3) is 5.91 Å². The number of carboxylic acids is 2. The van der Waals surface area contributed by atoms with Crippen LogP contribution in [0.5, 0.6) is 0 Å². The largest absolute Gasteiger partial charge is 0.490 e. The zero-order valence-electron chi connectivity index (χ0n) is 19.3. The van der Waals surface area contributed by atoms with Gasteiger partial charge in [-0.05, 0) is 37.4 Å². The first-order valence-electron chi connectivity index (χ1n) is 10.7. The first-order valence-corrected chi connectivity index (χ1v) is 11.6. The summed E-state index contributed by atoms with van der Waals surface area (Å²) in [5.41, 5.74) is 0.714. The number of nitrogens with one attached hydrogen (secondary N) is 1. The van der Waals surface area contributed by atoms with Crippen molar-refractivity contribution in [1.82, 2.24) is 14.9 Å². The summed E-state index contributed by atoms with van der Waals surface area (Å²) in [4.78, 5) is 40.9. The topological polar surface area (TPSA) is 142 Å². The third-order valence-electron chi connectivity index (χ3n) is 5.18. The predicted octanol–water partition coefficient (Wildman–Crippen LogP) is 3.42. The molecular formula is C21H22F6N4O6S. The monoisotopic (exact) mass is 572 g/mol. The highest BCUT2D eigenvalue weighted by molar-refractivity contribution is 7.09. The number of likely N-dealkylation sites (tertiary alicyclic amines) is 1. The maximum atomic E-state index is 12.4. The average Bonchev–Trinajstić information content (AvgIpc) is 3.49. The number of aliphatic carboxylic acids is 2. The van der Waals surface area contributed by atoms with E-state index in [2.05, 4.69) is 20.2 Å². The van der Waals surface area contributed by atoms with Gasteiger partial charge in [-0.1, -0.05) is 0 Å². The van der Waals surface area contributed by atoms with Crippen LogP contribution in [0.25, 0.3) is 0 Å². The number of nitrogens with zero attached hydrogens (tertiary/aromatic N) is 3. The Balaban J connectivity index is 0.000000301. The van der Waals surface area contributed by atoms with Gasteiger partial charge < -0.3 is 20.3 Å². The molecule has 2 aromatic heterocycles. The Bertz CT molecular complexity index is 1030. The molecule has 2 fully saturated rings. The third-order valence-corrected chi connectivity index (χ3v) is 5.95. The number of fused-ring (bicyclic) bond motifs is 1. The molecule has 3 N–H and O–H groups in total. The van der Waals surface area contributed by atoms with Gasteiger partial charge in [0.2, 0.25) is 0 Å². The van der Waals surface area contributed by atoms with Gasteiger partial charge in [-0.25, -0.2) is 14.6 Å². The molecule has 4 rings (SSSR count). The number of amides is 1. The van der Waals surface area contributed by atoms with Gasteiger partial charge in [0.15, 0.2) is 0 Å². The van der Waals surface area contributed by atoms with E-state index < -0.39 is 24.3 Å². The van der Waals surface area contributed by atoms with Crippen molar-refractivity contribution in [2.75, 3.05) is 18.4 Å². The van der Waals surface area contributed by atoms with Crippen LogP contribution < -0.4 is 5.32 Å². The molecule has 10 nitrogen and oxygen atoms in total. The van der Waals surface area contributed by atoms with Crippen LogP contribution in [0.1, 0.15) is 17.8 Å². The van der Waals surface area contributed by atoms with Crippen LogP contribution in [0.3, 0.4) is 0 Å². The number of pyridine rings is 1. The summed E-state index contributed by atoms with van der Waals surface area (Å²) >= 11 is 1.68. The molecule has 0 aliphatic carbocycles. The number of carbonyl (C=O) groups is 3. The van der Waals surface area contributed by atoms with Crippen molar-refractivity contribution in [2.24, 2.45) is 5.92 Å². The van der Waals surface area contributed by atoms with Gasteiger partial charge in [-0.2, -0.15) is 26.3 Å². The molecule has 0 spiro atoms. The quantitative estimate of drug-likeness (QED) is 0.470. The Morgan fingerprint density at radius 3 is 2.24 bits per heavy atom. The van der Waals surface area contributed by atoms with Gasteiger partial charge in [-0.3, -0.25) is 14.7 Å². The van der Waals surface area contributed by atoms with Crippen LogP contribution in [-0.4, -0.2) is 80.6 Å². The third kappa shape index (κ3) is 10.2. The number of carboxylic acid groups (broad SMARTS) is 2. The van der Waals surface area contributed by atoms with Crippen LogP contribution in [0.2, 0.25) is 0 Å². The summed E-state index contributed by atoms with van der Waals surface area (Å²) in [6.07, 6.45) is -3.32. The molecular weight excluding hydrogens is 550 g/mol. The molecule has 17 heteroatoms. The summed E-state index contributed by atoms with van der Waals surface area (Å²) in [6.45, 7) is 2.79. The molecule has 0 radical (unpaired) electrons. The Labute approximate surface area is 215 Å². The van der Waals surface area contributed by atoms with E-state index in [0.717, 1.165) is 37.5 Å². The first kappa shape index (κ1) is 30.9. The number of rotatable bonds is 4. The highest BCUT2D eigenvalue weighted by atomic mass is 32.1. The minimum atomic E-state index is -5.08. The number of aromatic nitrogens is 2. The summed E-state index contributed by atoms with van der Waals surface area (Å²) in [5, 5.41) is 20.3. The van der Waals surface area contributed by atoms with Crippen LogP contribution >= 0.6 is 11.3 Å². The van der Waals surface area contributed by atoms with Crippen LogP contribution in [-0.2, 0) is 25.7 Å². The standard InChI is InChI=1S/C17H20N4O2S.2C2HF3O2/c22-17(20-13-2-1-4-18-9-13)14-8-12-3-6-21(10-15(12)23-14)11-16-19-5-7-24-16;2*3-2(4,5)1(6)7/h1-2,4-5,7,9,12,14-15H,3,6,8,10-11H2,(H,20,22);2*(H,6,7)/t12-,14-,15-;;/m0../s1. The smallest absolute Gasteiger partial charge is 0.475 e. The van der Waals surface area contributed by atoms with Crippen LogP contribution in [0.15, 0.2) is 36.1 Å². The zero-order chi connectivity index (χ0) is 28.5. The lowest BCUT2D eigenvalue weighted by Crippen LogP contribution is -2.41. The number of piperidine rings is 1. The number of hydrogen-bond donors (Lipinski definition) is 3. The maximum Gasteiger partial charge on any atom is 0.490 e. The molecule has 2 aliphatic rings. The highest BCUT2D eigenvalue weighted by Crippen LogP contribution is 2.34. The van der Waals surface area contributed by atoms with Crippen LogP contribution in [0, 0.1) is 5.92 Å². The highest BCUT2D eigenvalue weighted by Gasteiger charge is 2.42. The van der Waals surface area contributed by atoms with Crippen molar-refractivity contribution < 1.29 is 55.7 Å². The minimum absolute atomic E-state index is 0.0659. The number of alkyl halides is 6. The molecule has 0 aromatic carbocycles. The minimum Gasteiger partial charge on any atom is -0.475 e. The number of halogens is 6. The van der Waals surface area contributed by atoms with Crippen molar-refractivity contribution in [3.8, 4) is 0 Å². The Morgan fingerprint density at radius 2 is 1.74 bits per heavy atom. The Morgan fingerprint density at radius 1 is 1.11 bits per heavy atom. The first-order chi connectivity index (χ1) is 17.7. The van der Waals surface area contributed by atoms with Crippen molar-refractivity contribution >= 4 is 34.9 Å². The number of carbonyl (C=O) groups excluding carboxylic acids is 1. The molecule has 0 bridgehead atoms. The average molecular weight is 572 g/mol. The van der Waals surface area contributed by atoms with E-state index in [-0.39, 0.29) is 18.1 Å². The molecule has 38 heavy (non-hydrogen) atoms. The Kier molecular flexibility index (Phi) is 11.0. The van der Waals surface area contributed by atoms with Gasteiger partial charge >= 0.3 is 24.3 Å². The lowest BCUT2D eigenvalue weighted by Gasteiger charge is -2.33. The number of ether oxygens (including phenoxy) is 1. The summed E-state index contributed by atoms with van der Waals surface area (Å²) < 4.78 is 69.5. The molecule has 2 saturated heterocycles. The second-order valence-electron chi connectivity index (χ2n) is 7.95. The molecule has 2 aromatic rings. The van der Waals surface area contributed by atoms with Crippen molar-refractivity contribution in [3.63, 3.8) is 0 Å². The fourth-order valence-corrected chi connectivity index (χ4v) is 4.15. The second-order valence-corrected chi connectivity index (χ2v) is 8.92. The second kappa shape index (κ2) is 13.5. The lowest BCUT2D eigenvalue weighted by atomic mass is 9.91. The van der Waals surface area contributed by atoms with E-state index in [0.29, 0.717) is 11.6 Å². The van der Waals surface area contributed by atoms with E-state index in [4.69, 9.17) is 24.5 Å². The Hall–Kier alpha value is -3.31. The number of anilines is 1. The van der Waals surface area contributed by atoms with E-state index in [1.165, 1.54) is 0 Å². The number of hydrogen-bond acceptors (Lipinski definition) is 8. The molecule has 210 valence electrons. The van der Waals surface area contributed by atoms with Crippen molar-refractivity contribution in [2.45, 2.75) is 43.9 Å².